The van der Waals surface area contributed by atoms with Crippen molar-refractivity contribution in [2.45, 2.75) is 64.7 Å². The van der Waals surface area contributed by atoms with Crippen LogP contribution in [0.15, 0.2) is 0 Å². The molecule has 0 spiro atoms. The van der Waals surface area contributed by atoms with Gasteiger partial charge in [-0.15, -0.1) is 0 Å². The Morgan fingerprint density at radius 3 is 1.75 bits per heavy atom. The fraction of sp³-hybridized carbons (Fsp3) is 1.00. The molecular weight excluding hydrogens is 306 g/mol. The normalized spacial score (nSPS) is 12.7. The number of hydrogen-bond acceptors (Lipinski definition) is 5. The van der Waals surface area contributed by atoms with Crippen molar-refractivity contribution < 1.29 is 25.6 Å². The van der Waals surface area contributed by atoms with Crippen molar-refractivity contribution in [3.63, 3.8) is 0 Å². The Labute approximate surface area is 122 Å². The van der Waals surface area contributed by atoms with Crippen LogP contribution in [0.2, 0.25) is 0 Å². The number of nitrogens with one attached hydrogen (secondary N) is 1. The van der Waals surface area contributed by atoms with E-state index in [4.69, 9.17) is 4.55 Å². The molecule has 0 aromatic rings. The van der Waals surface area contributed by atoms with Crippen LogP contribution >= 0.6 is 0 Å². The highest BCUT2D eigenvalue weighted by atomic mass is 32.3. The molecule has 0 heterocycles. The van der Waals surface area contributed by atoms with Crippen LogP contribution in [0.1, 0.15) is 64.7 Å². The van der Waals surface area contributed by atoms with Crippen molar-refractivity contribution in [2.24, 2.45) is 0 Å². The van der Waals surface area contributed by atoms with E-state index in [-0.39, 0.29) is 6.61 Å². The maximum atomic E-state index is 11.0. The molecule has 0 atom stereocenters. The van der Waals surface area contributed by atoms with Gasteiger partial charge in [-0.2, -0.15) is 16.8 Å². The maximum absolute atomic E-state index is 11.0. The number of unbranched alkanes of at least 4 members (excludes halogenated alkanes) is 8. The first-order valence-corrected chi connectivity index (χ1v) is 9.77. The molecule has 0 radical (unpaired) electrons. The van der Waals surface area contributed by atoms with Crippen LogP contribution in [0.25, 0.3) is 0 Å². The van der Waals surface area contributed by atoms with Crippen LogP contribution < -0.4 is 4.13 Å². The zero-order valence-electron chi connectivity index (χ0n) is 11.9. The minimum Gasteiger partial charge on any atom is -0.273 e. The molecule has 0 aliphatic heterocycles. The van der Waals surface area contributed by atoms with Crippen LogP contribution in [0.4, 0.5) is 0 Å². The van der Waals surface area contributed by atoms with E-state index in [1.54, 1.807) is 0 Å². The topological polar surface area (TPSA) is 110 Å². The van der Waals surface area contributed by atoms with Gasteiger partial charge in [-0.05, 0) is 6.42 Å². The summed E-state index contributed by atoms with van der Waals surface area (Å²) in [5, 5.41) is 0. The van der Waals surface area contributed by atoms with Crippen molar-refractivity contribution in [2.75, 3.05) is 6.61 Å². The average Bonchev–Trinajstić information content (AvgIpc) is 2.28. The van der Waals surface area contributed by atoms with E-state index in [0.717, 1.165) is 23.4 Å². The Kier molecular flexibility index (Phi) is 10.4. The van der Waals surface area contributed by atoms with Gasteiger partial charge in [0.05, 0.1) is 6.61 Å². The summed E-state index contributed by atoms with van der Waals surface area (Å²) < 4.78 is 56.4. The first kappa shape index (κ1) is 19.8. The largest absolute Gasteiger partial charge is 0.350 e. The third-order valence-corrected chi connectivity index (χ3v) is 4.83. The van der Waals surface area contributed by atoms with Gasteiger partial charge in [0.25, 0.3) is 0 Å². The average molecular weight is 331 g/mol. The standard InChI is InChI=1S/C11H25NO6S2/c1-2-3-4-5-6-7-8-9-10-11-18-20(16,17)12-19(13,14)15/h12H,2-11H2,1H3,(H,13,14,15). The molecule has 0 aliphatic rings. The quantitative estimate of drug-likeness (QED) is 0.395. The predicted molar refractivity (Wildman–Crippen MR) is 76.8 cm³/mol. The summed E-state index contributed by atoms with van der Waals surface area (Å²) >= 11 is 0. The fourth-order valence-electron chi connectivity index (χ4n) is 1.73. The van der Waals surface area contributed by atoms with Gasteiger partial charge >= 0.3 is 20.6 Å². The van der Waals surface area contributed by atoms with Crippen LogP contribution in [0, 0.1) is 0 Å². The molecule has 0 aromatic carbocycles. The Bertz CT molecular complexity index is 432. The van der Waals surface area contributed by atoms with Gasteiger partial charge in [-0.1, -0.05) is 62.4 Å². The third-order valence-electron chi connectivity index (χ3n) is 2.69. The molecule has 0 saturated carbocycles. The van der Waals surface area contributed by atoms with Crippen LogP contribution in [-0.4, -0.2) is 28.0 Å². The second-order valence-corrected chi connectivity index (χ2v) is 7.42. The molecule has 122 valence electrons. The summed E-state index contributed by atoms with van der Waals surface area (Å²) in [5.41, 5.74) is 0. The molecule has 0 amide bonds. The van der Waals surface area contributed by atoms with Crippen molar-refractivity contribution in [1.82, 2.24) is 4.13 Å². The number of hydrogen-bond donors (Lipinski definition) is 2. The van der Waals surface area contributed by atoms with Crippen molar-refractivity contribution in [3.8, 4) is 0 Å². The van der Waals surface area contributed by atoms with Gasteiger partial charge in [0.1, 0.15) is 0 Å². The van der Waals surface area contributed by atoms with E-state index < -0.39 is 20.6 Å². The second-order valence-electron chi connectivity index (χ2n) is 4.66. The predicted octanol–water partition coefficient (Wildman–Crippen LogP) is 2.17. The Morgan fingerprint density at radius 1 is 0.850 bits per heavy atom. The SMILES string of the molecule is CCCCCCCCCCCOS(=O)(=O)NS(=O)(=O)O. The molecule has 0 aliphatic carbocycles. The minimum absolute atomic E-state index is 0.0965. The van der Waals surface area contributed by atoms with E-state index in [0.29, 0.717) is 6.42 Å². The lowest BCUT2D eigenvalue weighted by Gasteiger charge is -2.05. The van der Waals surface area contributed by atoms with Gasteiger partial charge < -0.3 is 0 Å². The Morgan fingerprint density at radius 2 is 1.30 bits per heavy atom. The number of rotatable bonds is 13. The summed E-state index contributed by atoms with van der Waals surface area (Å²) in [5.74, 6) is 0. The monoisotopic (exact) mass is 331 g/mol. The van der Waals surface area contributed by atoms with Crippen LogP contribution in [0.5, 0.6) is 0 Å². The van der Waals surface area contributed by atoms with Gasteiger partial charge in [0.2, 0.25) is 0 Å². The van der Waals surface area contributed by atoms with E-state index in [2.05, 4.69) is 11.1 Å². The summed E-state index contributed by atoms with van der Waals surface area (Å²) in [6.07, 6.45) is 9.65. The zero-order chi connectivity index (χ0) is 15.5. The Hall–Kier alpha value is -0.220. The lowest BCUT2D eigenvalue weighted by atomic mass is 10.1. The van der Waals surface area contributed by atoms with Gasteiger partial charge in [0.15, 0.2) is 0 Å². The van der Waals surface area contributed by atoms with Gasteiger partial charge in [-0.3, -0.25) is 8.74 Å². The molecule has 0 rings (SSSR count). The molecule has 0 saturated heterocycles. The summed E-state index contributed by atoms with van der Waals surface area (Å²) in [4.78, 5) is 0. The molecule has 0 aromatic heterocycles. The summed E-state index contributed by atoms with van der Waals surface area (Å²) in [6, 6.07) is 0. The second kappa shape index (κ2) is 10.5. The lowest BCUT2D eigenvalue weighted by molar-refractivity contribution is 0.303. The first-order valence-electron chi connectivity index (χ1n) is 6.92. The highest BCUT2D eigenvalue weighted by molar-refractivity contribution is 7.99. The van der Waals surface area contributed by atoms with Crippen LogP contribution in [-0.2, 0) is 24.8 Å². The van der Waals surface area contributed by atoms with Crippen LogP contribution in [0.3, 0.4) is 0 Å². The molecular formula is C11H25NO6S2. The lowest BCUT2D eigenvalue weighted by Crippen LogP contribution is -2.31. The van der Waals surface area contributed by atoms with Crippen molar-refractivity contribution in [3.05, 3.63) is 0 Å². The Balaban J connectivity index is 3.49. The van der Waals surface area contributed by atoms with Crippen molar-refractivity contribution in [1.29, 1.82) is 0 Å². The van der Waals surface area contributed by atoms with E-state index in [1.165, 1.54) is 32.1 Å². The molecule has 2 N–H and O–H groups in total. The fourth-order valence-corrected chi connectivity index (χ4v) is 3.30. The molecule has 7 nitrogen and oxygen atoms in total. The third kappa shape index (κ3) is 14.2. The van der Waals surface area contributed by atoms with E-state index in [1.807, 2.05) is 0 Å². The van der Waals surface area contributed by atoms with Gasteiger partial charge in [0, 0.05) is 0 Å². The summed E-state index contributed by atoms with van der Waals surface area (Å²) in [6.45, 7) is 2.08. The smallest absolute Gasteiger partial charge is 0.273 e. The highest BCUT2D eigenvalue weighted by Gasteiger charge is 2.18. The minimum atomic E-state index is -4.81. The molecule has 0 bridgehead atoms. The van der Waals surface area contributed by atoms with E-state index >= 15 is 0 Å². The zero-order valence-corrected chi connectivity index (χ0v) is 13.5. The summed E-state index contributed by atoms with van der Waals surface area (Å²) in [7, 11) is -9.24. The maximum Gasteiger partial charge on any atom is 0.350 e. The first-order chi connectivity index (χ1) is 9.27. The highest BCUT2D eigenvalue weighted by Crippen LogP contribution is 2.09. The van der Waals surface area contributed by atoms with Gasteiger partial charge in [-0.25, -0.2) is 0 Å². The molecule has 20 heavy (non-hydrogen) atoms. The molecule has 0 unspecified atom stereocenters. The van der Waals surface area contributed by atoms with Crippen molar-refractivity contribution >= 4 is 20.6 Å². The molecule has 0 fully saturated rings. The molecule has 9 heteroatoms. The van der Waals surface area contributed by atoms with E-state index in [9.17, 15) is 16.8 Å².